The number of nitrogens with one attached hydrogen (secondary N) is 1. The van der Waals surface area contributed by atoms with E-state index in [1.807, 2.05) is 0 Å². The topological polar surface area (TPSA) is 90.7 Å². The van der Waals surface area contributed by atoms with E-state index in [4.69, 9.17) is 11.6 Å². The van der Waals surface area contributed by atoms with E-state index in [2.05, 4.69) is 10.4 Å². The number of aliphatic hydroxyl groups excluding tert-OH is 1. The van der Waals surface area contributed by atoms with Crippen LogP contribution in [0.3, 0.4) is 0 Å². The van der Waals surface area contributed by atoms with Gasteiger partial charge in [0.25, 0.3) is 5.91 Å². The highest BCUT2D eigenvalue weighted by molar-refractivity contribution is 6.31. The number of fused-ring (bicyclic) bond motifs is 3. The molecule has 2 aliphatic heterocycles. The lowest BCUT2D eigenvalue weighted by Gasteiger charge is -2.27. The fraction of sp³-hybridized carbons (Fsp3) is 0.421. The van der Waals surface area contributed by atoms with E-state index in [-0.39, 0.29) is 36.0 Å². The minimum atomic E-state index is -0.557. The highest BCUT2D eigenvalue weighted by Crippen LogP contribution is 2.27. The first kappa shape index (κ1) is 19.7. The van der Waals surface area contributed by atoms with Gasteiger partial charge < -0.3 is 20.2 Å². The largest absolute Gasteiger partial charge is 0.396 e. The summed E-state index contributed by atoms with van der Waals surface area (Å²) in [5.74, 6) is -0.810. The molecule has 3 amide bonds. The van der Waals surface area contributed by atoms with E-state index in [0.29, 0.717) is 37.4 Å². The van der Waals surface area contributed by atoms with Gasteiger partial charge in [-0.05, 0) is 18.2 Å². The standard InChI is InChI=1S/C19H21ClFN5O3/c1-24-7-11(10-27)8-26-17(18(24)28)13-9-25(5-4-16(13)23-26)19(29)22-12-2-3-15(21)14(20)6-12/h2-3,6,11,27H,4-5,7-10H2,1H3,(H,22,29). The number of halogens is 2. The maximum absolute atomic E-state index is 13.3. The van der Waals surface area contributed by atoms with Crippen LogP contribution in [-0.4, -0.2) is 63.4 Å². The molecule has 0 aliphatic carbocycles. The van der Waals surface area contributed by atoms with Gasteiger partial charge >= 0.3 is 6.03 Å². The molecule has 0 spiro atoms. The molecule has 1 aromatic carbocycles. The third-order valence-electron chi connectivity index (χ3n) is 5.33. The molecule has 2 aliphatic rings. The third kappa shape index (κ3) is 3.67. The highest BCUT2D eigenvalue weighted by Gasteiger charge is 2.34. The smallest absolute Gasteiger partial charge is 0.322 e. The molecule has 3 heterocycles. The lowest BCUT2D eigenvalue weighted by Crippen LogP contribution is -2.39. The van der Waals surface area contributed by atoms with Crippen LogP contribution in [0.25, 0.3) is 0 Å². The van der Waals surface area contributed by atoms with E-state index in [1.54, 1.807) is 21.5 Å². The quantitative estimate of drug-likeness (QED) is 0.775. The molecule has 8 nitrogen and oxygen atoms in total. The van der Waals surface area contributed by atoms with Crippen LogP contribution in [0.4, 0.5) is 14.9 Å². The van der Waals surface area contributed by atoms with E-state index < -0.39 is 5.82 Å². The van der Waals surface area contributed by atoms with E-state index in [1.165, 1.54) is 18.2 Å². The minimum Gasteiger partial charge on any atom is -0.396 e. The molecular formula is C19H21ClFN5O3. The fourth-order valence-electron chi connectivity index (χ4n) is 3.82. The molecule has 0 fully saturated rings. The molecule has 0 saturated carbocycles. The van der Waals surface area contributed by atoms with Gasteiger partial charge in [0.05, 0.1) is 17.3 Å². The number of benzene rings is 1. The van der Waals surface area contributed by atoms with E-state index in [9.17, 15) is 19.1 Å². The molecule has 4 rings (SSSR count). The molecule has 29 heavy (non-hydrogen) atoms. The van der Waals surface area contributed by atoms with Crippen molar-refractivity contribution in [2.75, 3.05) is 32.1 Å². The summed E-state index contributed by atoms with van der Waals surface area (Å²) < 4.78 is 15.0. The second-order valence-electron chi connectivity index (χ2n) is 7.42. The molecule has 10 heteroatoms. The molecule has 154 valence electrons. The highest BCUT2D eigenvalue weighted by atomic mass is 35.5. The molecule has 1 atom stereocenters. The van der Waals surface area contributed by atoms with Crippen molar-refractivity contribution < 1.29 is 19.1 Å². The predicted molar refractivity (Wildman–Crippen MR) is 104 cm³/mol. The molecular weight excluding hydrogens is 401 g/mol. The zero-order chi connectivity index (χ0) is 20.7. The Hall–Kier alpha value is -2.65. The average molecular weight is 422 g/mol. The number of carbonyl (C=O) groups is 2. The summed E-state index contributed by atoms with van der Waals surface area (Å²) in [5.41, 5.74) is 2.40. The predicted octanol–water partition coefficient (Wildman–Crippen LogP) is 1.96. The van der Waals surface area contributed by atoms with Crippen molar-refractivity contribution in [1.82, 2.24) is 19.6 Å². The Morgan fingerprint density at radius 3 is 2.93 bits per heavy atom. The van der Waals surface area contributed by atoms with Gasteiger partial charge in [-0.15, -0.1) is 0 Å². The van der Waals surface area contributed by atoms with Gasteiger partial charge in [-0.3, -0.25) is 9.48 Å². The van der Waals surface area contributed by atoms with Crippen molar-refractivity contribution in [2.45, 2.75) is 19.5 Å². The summed E-state index contributed by atoms with van der Waals surface area (Å²) in [4.78, 5) is 28.8. The van der Waals surface area contributed by atoms with Gasteiger partial charge in [-0.25, -0.2) is 9.18 Å². The number of urea groups is 1. The van der Waals surface area contributed by atoms with Gasteiger partial charge in [-0.1, -0.05) is 11.6 Å². The maximum Gasteiger partial charge on any atom is 0.322 e. The van der Waals surface area contributed by atoms with Crippen molar-refractivity contribution >= 4 is 29.2 Å². The monoisotopic (exact) mass is 421 g/mol. The van der Waals surface area contributed by atoms with Crippen molar-refractivity contribution in [1.29, 1.82) is 0 Å². The number of hydrogen-bond donors (Lipinski definition) is 2. The van der Waals surface area contributed by atoms with Crippen molar-refractivity contribution in [2.24, 2.45) is 5.92 Å². The summed E-state index contributed by atoms with van der Waals surface area (Å²) in [6, 6.07) is 3.62. The third-order valence-corrected chi connectivity index (χ3v) is 5.62. The average Bonchev–Trinajstić information content (AvgIpc) is 3.00. The SMILES string of the molecule is CN1CC(CO)Cn2nc3c(c2C1=O)CN(C(=O)Nc1ccc(F)c(Cl)c1)CC3. The number of anilines is 1. The van der Waals surface area contributed by atoms with Crippen LogP contribution in [0.1, 0.15) is 21.7 Å². The summed E-state index contributed by atoms with van der Waals surface area (Å²) in [6.07, 6.45) is 0.522. The second kappa shape index (κ2) is 7.64. The second-order valence-corrected chi connectivity index (χ2v) is 7.83. The Kier molecular flexibility index (Phi) is 5.18. The van der Waals surface area contributed by atoms with Crippen LogP contribution in [-0.2, 0) is 19.5 Å². The Labute approximate surface area is 171 Å². The Balaban J connectivity index is 1.57. The van der Waals surface area contributed by atoms with Gasteiger partial charge in [0.1, 0.15) is 11.5 Å². The van der Waals surface area contributed by atoms with Crippen LogP contribution < -0.4 is 5.32 Å². The molecule has 0 radical (unpaired) electrons. The van der Waals surface area contributed by atoms with Crippen LogP contribution in [0.5, 0.6) is 0 Å². The Bertz CT molecular complexity index is 979. The Morgan fingerprint density at radius 1 is 1.41 bits per heavy atom. The van der Waals surface area contributed by atoms with E-state index in [0.717, 1.165) is 11.3 Å². The molecule has 1 unspecified atom stereocenters. The van der Waals surface area contributed by atoms with Crippen LogP contribution >= 0.6 is 11.6 Å². The first-order valence-corrected chi connectivity index (χ1v) is 9.71. The van der Waals surface area contributed by atoms with Gasteiger partial charge in [-0.2, -0.15) is 5.10 Å². The minimum absolute atomic E-state index is 0.0314. The number of aliphatic hydroxyl groups is 1. The lowest BCUT2D eigenvalue weighted by atomic mass is 10.0. The maximum atomic E-state index is 13.3. The number of aromatic nitrogens is 2. The molecule has 2 N–H and O–H groups in total. The summed E-state index contributed by atoms with van der Waals surface area (Å²) in [5, 5.41) is 16.8. The van der Waals surface area contributed by atoms with Crippen LogP contribution in [0.2, 0.25) is 5.02 Å². The number of rotatable bonds is 2. The zero-order valence-corrected chi connectivity index (χ0v) is 16.6. The normalized spacial score (nSPS) is 18.9. The van der Waals surface area contributed by atoms with Crippen molar-refractivity contribution in [3.05, 3.63) is 46.0 Å². The first-order chi connectivity index (χ1) is 13.9. The van der Waals surface area contributed by atoms with Gasteiger partial charge in [0.15, 0.2) is 0 Å². The fourth-order valence-corrected chi connectivity index (χ4v) is 4.00. The van der Waals surface area contributed by atoms with Gasteiger partial charge in [0, 0.05) is 56.9 Å². The molecule has 0 bridgehead atoms. The van der Waals surface area contributed by atoms with Crippen molar-refractivity contribution in [3.63, 3.8) is 0 Å². The van der Waals surface area contributed by atoms with Crippen molar-refractivity contribution in [3.8, 4) is 0 Å². The van der Waals surface area contributed by atoms with E-state index >= 15 is 0 Å². The van der Waals surface area contributed by atoms with Crippen LogP contribution in [0.15, 0.2) is 18.2 Å². The number of hydrogen-bond acceptors (Lipinski definition) is 4. The molecule has 2 aromatic rings. The summed E-state index contributed by atoms with van der Waals surface area (Å²) in [7, 11) is 1.70. The molecule has 0 saturated heterocycles. The number of carbonyl (C=O) groups excluding carboxylic acids is 2. The number of amides is 3. The summed E-state index contributed by atoms with van der Waals surface area (Å²) >= 11 is 5.77. The summed E-state index contributed by atoms with van der Waals surface area (Å²) in [6.45, 7) is 1.56. The van der Waals surface area contributed by atoms with Gasteiger partial charge in [0.2, 0.25) is 0 Å². The first-order valence-electron chi connectivity index (χ1n) is 9.33. The Morgan fingerprint density at radius 2 is 2.21 bits per heavy atom. The zero-order valence-electron chi connectivity index (χ0n) is 15.9. The van der Waals surface area contributed by atoms with Crippen LogP contribution in [0, 0.1) is 11.7 Å². The molecule has 1 aromatic heterocycles. The lowest BCUT2D eigenvalue weighted by molar-refractivity contribution is 0.0762. The number of nitrogens with zero attached hydrogens (tertiary/aromatic N) is 4.